The summed E-state index contributed by atoms with van der Waals surface area (Å²) in [4.78, 5) is 6.40. The molecule has 3 rings (SSSR count). The van der Waals surface area contributed by atoms with Crippen molar-refractivity contribution in [3.63, 3.8) is 0 Å². The van der Waals surface area contributed by atoms with Crippen LogP contribution in [0.2, 0.25) is 0 Å². The number of H-pyrrole nitrogens is 1. The molecule has 0 amide bonds. The predicted molar refractivity (Wildman–Crippen MR) is 76.7 cm³/mol. The number of halogens is 1. The lowest BCUT2D eigenvalue weighted by atomic mass is 9.90. The zero-order valence-corrected chi connectivity index (χ0v) is 12.5. The van der Waals surface area contributed by atoms with E-state index in [0.717, 1.165) is 29.5 Å². The van der Waals surface area contributed by atoms with Gasteiger partial charge in [-0.05, 0) is 46.9 Å². The third kappa shape index (κ3) is 2.89. The first kappa shape index (κ1) is 13.7. The largest absolute Gasteiger partial charge is 0.382 e. The van der Waals surface area contributed by atoms with Gasteiger partial charge in [0.1, 0.15) is 11.3 Å². The van der Waals surface area contributed by atoms with Gasteiger partial charge in [-0.3, -0.25) is 9.88 Å². The van der Waals surface area contributed by atoms with E-state index in [4.69, 9.17) is 0 Å². The van der Waals surface area contributed by atoms with Crippen LogP contribution in [0.1, 0.15) is 24.1 Å². The van der Waals surface area contributed by atoms with Gasteiger partial charge in [-0.25, -0.2) is 0 Å². The first-order valence-electron chi connectivity index (χ1n) is 6.56. The van der Waals surface area contributed by atoms with Gasteiger partial charge in [0, 0.05) is 30.0 Å². The number of nitrogens with one attached hydrogen (secondary N) is 1. The molecule has 7 heteroatoms. The Balaban J connectivity index is 1.72. The Morgan fingerprint density at radius 1 is 1.40 bits per heavy atom. The summed E-state index contributed by atoms with van der Waals surface area (Å²) in [6.07, 6.45) is 6.88. The molecule has 3 heterocycles. The fourth-order valence-corrected chi connectivity index (χ4v) is 3.11. The van der Waals surface area contributed by atoms with Crippen LogP contribution in [0.5, 0.6) is 0 Å². The van der Waals surface area contributed by atoms with Crippen molar-refractivity contribution >= 4 is 15.9 Å². The van der Waals surface area contributed by atoms with Gasteiger partial charge in [0.05, 0.1) is 6.20 Å². The molecule has 0 radical (unpaired) electrons. The standard InChI is InChI=1S/C13H16BrN5O/c14-11-4-10(5-15-6-11)8-19-3-1-2-13(20,9-19)12-7-16-18-17-12/h4-7,20H,1-3,8-9H2,(H,16,17,18)/t13-/m1/s1. The second-order valence-corrected chi connectivity index (χ2v) is 6.13. The summed E-state index contributed by atoms with van der Waals surface area (Å²) in [5, 5.41) is 21.1. The molecule has 106 valence electrons. The zero-order valence-electron chi connectivity index (χ0n) is 11.0. The summed E-state index contributed by atoms with van der Waals surface area (Å²) >= 11 is 3.43. The highest BCUT2D eigenvalue weighted by atomic mass is 79.9. The zero-order chi connectivity index (χ0) is 14.0. The molecule has 0 bridgehead atoms. The van der Waals surface area contributed by atoms with Crippen LogP contribution >= 0.6 is 15.9 Å². The Kier molecular flexibility index (Phi) is 3.82. The van der Waals surface area contributed by atoms with Crippen LogP contribution in [0.3, 0.4) is 0 Å². The van der Waals surface area contributed by atoms with Gasteiger partial charge < -0.3 is 5.11 Å². The summed E-state index contributed by atoms with van der Waals surface area (Å²) in [6.45, 7) is 2.30. The minimum Gasteiger partial charge on any atom is -0.382 e. The molecular formula is C13H16BrN5O. The van der Waals surface area contributed by atoms with E-state index in [-0.39, 0.29) is 0 Å². The van der Waals surface area contributed by atoms with E-state index in [1.807, 2.05) is 6.20 Å². The first-order chi connectivity index (χ1) is 9.66. The number of hydrogen-bond donors (Lipinski definition) is 2. The van der Waals surface area contributed by atoms with E-state index >= 15 is 0 Å². The second-order valence-electron chi connectivity index (χ2n) is 5.21. The Morgan fingerprint density at radius 3 is 3.05 bits per heavy atom. The third-order valence-corrected chi connectivity index (χ3v) is 4.04. The molecule has 2 N–H and O–H groups in total. The number of piperidine rings is 1. The van der Waals surface area contributed by atoms with Crippen LogP contribution in [-0.2, 0) is 12.1 Å². The first-order valence-corrected chi connectivity index (χ1v) is 7.35. The van der Waals surface area contributed by atoms with E-state index in [9.17, 15) is 5.11 Å². The van der Waals surface area contributed by atoms with Gasteiger partial charge in [0.15, 0.2) is 0 Å². The monoisotopic (exact) mass is 337 g/mol. The Morgan fingerprint density at radius 2 is 2.30 bits per heavy atom. The van der Waals surface area contributed by atoms with Gasteiger partial charge in [0.25, 0.3) is 0 Å². The summed E-state index contributed by atoms with van der Waals surface area (Å²) in [7, 11) is 0. The molecule has 1 fully saturated rings. The summed E-state index contributed by atoms with van der Waals surface area (Å²) in [6, 6.07) is 2.05. The number of aliphatic hydroxyl groups is 1. The molecule has 1 saturated heterocycles. The number of rotatable bonds is 3. The molecule has 0 spiro atoms. The third-order valence-electron chi connectivity index (χ3n) is 3.61. The molecule has 1 aliphatic rings. The lowest BCUT2D eigenvalue weighted by molar-refractivity contribution is -0.0414. The molecular weight excluding hydrogens is 322 g/mol. The fraction of sp³-hybridized carbons (Fsp3) is 0.462. The molecule has 0 aromatic carbocycles. The maximum absolute atomic E-state index is 10.7. The van der Waals surface area contributed by atoms with Crippen molar-refractivity contribution in [1.82, 2.24) is 25.3 Å². The van der Waals surface area contributed by atoms with Gasteiger partial charge in [-0.2, -0.15) is 15.4 Å². The maximum atomic E-state index is 10.7. The average Bonchev–Trinajstić information content (AvgIpc) is 2.93. The van der Waals surface area contributed by atoms with Crippen LogP contribution < -0.4 is 0 Å². The number of likely N-dealkylation sites (tertiary alicyclic amines) is 1. The van der Waals surface area contributed by atoms with Crippen molar-refractivity contribution in [3.05, 3.63) is 40.4 Å². The topological polar surface area (TPSA) is 77.9 Å². The Labute approximate surface area is 125 Å². The molecule has 1 aliphatic heterocycles. The molecule has 1 atom stereocenters. The quantitative estimate of drug-likeness (QED) is 0.886. The smallest absolute Gasteiger partial charge is 0.123 e. The lowest BCUT2D eigenvalue weighted by Crippen LogP contribution is -2.45. The second kappa shape index (κ2) is 5.59. The highest BCUT2D eigenvalue weighted by molar-refractivity contribution is 9.10. The summed E-state index contributed by atoms with van der Waals surface area (Å²) < 4.78 is 0.971. The maximum Gasteiger partial charge on any atom is 0.123 e. The van der Waals surface area contributed by atoms with Crippen molar-refractivity contribution in [2.75, 3.05) is 13.1 Å². The van der Waals surface area contributed by atoms with E-state index in [2.05, 4.69) is 47.3 Å². The predicted octanol–water partition coefficient (Wildman–Crippen LogP) is 1.45. The number of aromatic amines is 1. The van der Waals surface area contributed by atoms with Crippen LogP contribution in [0.15, 0.2) is 29.1 Å². The molecule has 20 heavy (non-hydrogen) atoms. The Bertz CT molecular complexity index is 576. The van der Waals surface area contributed by atoms with Gasteiger partial charge in [0.2, 0.25) is 0 Å². The van der Waals surface area contributed by atoms with Gasteiger partial charge in [-0.15, -0.1) is 0 Å². The van der Waals surface area contributed by atoms with E-state index < -0.39 is 5.60 Å². The molecule has 2 aromatic rings. The van der Waals surface area contributed by atoms with Crippen molar-refractivity contribution in [1.29, 1.82) is 0 Å². The van der Waals surface area contributed by atoms with Crippen molar-refractivity contribution in [2.24, 2.45) is 0 Å². The van der Waals surface area contributed by atoms with E-state index in [1.54, 1.807) is 12.4 Å². The van der Waals surface area contributed by atoms with Crippen molar-refractivity contribution in [2.45, 2.75) is 25.0 Å². The number of hydrogen-bond acceptors (Lipinski definition) is 5. The van der Waals surface area contributed by atoms with Crippen LogP contribution in [0.25, 0.3) is 0 Å². The summed E-state index contributed by atoms with van der Waals surface area (Å²) in [5.74, 6) is 0. The minimum atomic E-state index is -0.912. The fourth-order valence-electron chi connectivity index (χ4n) is 2.69. The van der Waals surface area contributed by atoms with Crippen LogP contribution in [0.4, 0.5) is 0 Å². The molecule has 6 nitrogen and oxygen atoms in total. The number of β-amino-alcohol motifs (C(OH)–C–C–N with tert-alkyl or cyclic N) is 1. The molecule has 0 unspecified atom stereocenters. The van der Waals surface area contributed by atoms with E-state index in [1.165, 1.54) is 0 Å². The lowest BCUT2D eigenvalue weighted by Gasteiger charge is -2.37. The van der Waals surface area contributed by atoms with Crippen molar-refractivity contribution in [3.8, 4) is 0 Å². The van der Waals surface area contributed by atoms with Gasteiger partial charge >= 0.3 is 0 Å². The normalized spacial score (nSPS) is 23.9. The Hall–Kier alpha value is -1.31. The SMILES string of the molecule is O[C@]1(c2cn[nH]n2)CCCN(Cc2cncc(Br)c2)C1. The summed E-state index contributed by atoms with van der Waals surface area (Å²) in [5.41, 5.74) is 0.836. The van der Waals surface area contributed by atoms with Crippen LogP contribution in [-0.4, -0.2) is 43.5 Å². The minimum absolute atomic E-state index is 0.562. The highest BCUT2D eigenvalue weighted by Gasteiger charge is 2.37. The molecule has 2 aromatic heterocycles. The number of pyridine rings is 1. The van der Waals surface area contributed by atoms with E-state index in [0.29, 0.717) is 18.7 Å². The molecule has 0 saturated carbocycles. The molecule has 0 aliphatic carbocycles. The average molecular weight is 338 g/mol. The number of nitrogens with zero attached hydrogens (tertiary/aromatic N) is 4. The highest BCUT2D eigenvalue weighted by Crippen LogP contribution is 2.30. The van der Waals surface area contributed by atoms with Gasteiger partial charge in [-0.1, -0.05) is 0 Å². The van der Waals surface area contributed by atoms with Crippen LogP contribution in [0, 0.1) is 0 Å². The van der Waals surface area contributed by atoms with Crippen molar-refractivity contribution < 1.29 is 5.11 Å². The number of aromatic nitrogens is 4.